The Labute approximate surface area is 182 Å². The Morgan fingerprint density at radius 2 is 1.65 bits per heavy atom. The maximum Gasteiger partial charge on any atom is 0.434 e. The monoisotopic (exact) mass is 468 g/mol. The second kappa shape index (κ2) is 8.20. The summed E-state index contributed by atoms with van der Waals surface area (Å²) >= 11 is 12.2. The van der Waals surface area contributed by atoms with Crippen LogP contribution in [-0.2, 0) is 12.6 Å². The van der Waals surface area contributed by atoms with Crippen LogP contribution in [0.4, 0.5) is 17.6 Å². The van der Waals surface area contributed by atoms with Crippen molar-refractivity contribution in [3.8, 4) is 17.1 Å². The van der Waals surface area contributed by atoms with Gasteiger partial charge in [-0.2, -0.15) is 17.9 Å². The molecule has 0 aliphatic carbocycles. The van der Waals surface area contributed by atoms with E-state index in [1.807, 2.05) is 0 Å². The van der Waals surface area contributed by atoms with Crippen molar-refractivity contribution in [3.63, 3.8) is 0 Å². The minimum absolute atomic E-state index is 0.106. The van der Waals surface area contributed by atoms with Gasteiger partial charge in [-0.3, -0.25) is 0 Å². The van der Waals surface area contributed by atoms with Crippen molar-refractivity contribution in [3.05, 3.63) is 81.6 Å². The predicted molar refractivity (Wildman–Crippen MR) is 104 cm³/mol. The molecule has 0 atom stereocenters. The van der Waals surface area contributed by atoms with Gasteiger partial charge in [0.05, 0.1) is 11.3 Å². The van der Waals surface area contributed by atoms with Crippen LogP contribution in [-0.4, -0.2) is 30.2 Å². The van der Waals surface area contributed by atoms with Crippen molar-refractivity contribution < 1.29 is 17.6 Å². The predicted octanol–water partition coefficient (Wildman–Crippen LogP) is 5.17. The Morgan fingerprint density at radius 3 is 2.29 bits per heavy atom. The van der Waals surface area contributed by atoms with Crippen molar-refractivity contribution in [2.45, 2.75) is 12.6 Å². The van der Waals surface area contributed by atoms with Gasteiger partial charge in [0.25, 0.3) is 0 Å². The van der Waals surface area contributed by atoms with Crippen molar-refractivity contribution in [1.82, 2.24) is 30.2 Å². The van der Waals surface area contributed by atoms with E-state index in [-0.39, 0.29) is 33.8 Å². The number of tetrazole rings is 1. The largest absolute Gasteiger partial charge is 0.434 e. The zero-order chi connectivity index (χ0) is 22.2. The number of alkyl halides is 3. The Bertz CT molecular complexity index is 1220. The molecule has 12 heteroatoms. The van der Waals surface area contributed by atoms with Crippen LogP contribution < -0.4 is 0 Å². The van der Waals surface area contributed by atoms with E-state index in [0.717, 1.165) is 23.0 Å². The smallest absolute Gasteiger partial charge is 0.240 e. The van der Waals surface area contributed by atoms with E-state index in [0.29, 0.717) is 5.56 Å². The van der Waals surface area contributed by atoms with Crippen LogP contribution in [0.15, 0.2) is 48.7 Å². The third-order valence-corrected chi connectivity index (χ3v) is 4.99. The number of aromatic nitrogens is 6. The van der Waals surface area contributed by atoms with Crippen molar-refractivity contribution in [2.75, 3.05) is 0 Å². The van der Waals surface area contributed by atoms with Crippen LogP contribution in [0, 0.1) is 5.82 Å². The summed E-state index contributed by atoms with van der Waals surface area (Å²) in [4.78, 5) is 7.74. The summed E-state index contributed by atoms with van der Waals surface area (Å²) in [7, 11) is 0. The van der Waals surface area contributed by atoms with Crippen LogP contribution in [0.25, 0.3) is 17.1 Å². The Morgan fingerprint density at radius 1 is 0.968 bits per heavy atom. The van der Waals surface area contributed by atoms with Gasteiger partial charge in [-0.25, -0.2) is 14.4 Å². The van der Waals surface area contributed by atoms with Crippen LogP contribution in [0.5, 0.6) is 0 Å². The summed E-state index contributed by atoms with van der Waals surface area (Å²) in [5.41, 5.74) is -0.987. The summed E-state index contributed by atoms with van der Waals surface area (Å²) in [5, 5.41) is 11.4. The summed E-state index contributed by atoms with van der Waals surface area (Å²) in [5.74, 6) is -0.895. The third-order valence-electron chi connectivity index (χ3n) is 4.29. The highest BCUT2D eigenvalue weighted by Crippen LogP contribution is 2.35. The van der Waals surface area contributed by atoms with Gasteiger partial charge in [0.2, 0.25) is 0 Å². The lowest BCUT2D eigenvalue weighted by Gasteiger charge is -2.13. The van der Waals surface area contributed by atoms with E-state index in [1.54, 1.807) is 18.2 Å². The normalized spacial score (nSPS) is 11.7. The minimum Gasteiger partial charge on any atom is -0.240 e. The molecule has 6 nitrogen and oxygen atoms in total. The van der Waals surface area contributed by atoms with Crippen LogP contribution in [0.1, 0.15) is 17.1 Å². The van der Waals surface area contributed by atoms with E-state index in [4.69, 9.17) is 23.2 Å². The van der Waals surface area contributed by atoms with Gasteiger partial charge in [-0.15, -0.1) is 5.10 Å². The van der Waals surface area contributed by atoms with E-state index in [1.165, 1.54) is 12.1 Å². The van der Waals surface area contributed by atoms with Gasteiger partial charge in [-0.1, -0.05) is 29.3 Å². The lowest BCUT2D eigenvalue weighted by molar-refractivity contribution is -0.140. The lowest BCUT2D eigenvalue weighted by atomic mass is 10.1. The molecule has 0 fully saturated rings. The van der Waals surface area contributed by atoms with Gasteiger partial charge in [-0.05, 0) is 52.4 Å². The van der Waals surface area contributed by atoms with Gasteiger partial charge in [0.15, 0.2) is 11.5 Å². The molecule has 0 aliphatic rings. The number of rotatable bonds is 4. The molecule has 4 rings (SSSR count). The summed E-state index contributed by atoms with van der Waals surface area (Å²) in [6.07, 6.45) is -3.94. The molecule has 158 valence electrons. The van der Waals surface area contributed by atoms with Gasteiger partial charge < -0.3 is 0 Å². The fourth-order valence-electron chi connectivity index (χ4n) is 2.85. The molecule has 0 unspecified atom stereocenters. The number of halogens is 6. The summed E-state index contributed by atoms with van der Waals surface area (Å²) in [6.45, 7) is 0. The highest BCUT2D eigenvalue weighted by Gasteiger charge is 2.38. The van der Waals surface area contributed by atoms with E-state index >= 15 is 0 Å². The summed E-state index contributed by atoms with van der Waals surface area (Å²) < 4.78 is 55.7. The van der Waals surface area contributed by atoms with Gasteiger partial charge in [0, 0.05) is 22.7 Å². The molecule has 0 amide bonds. The fraction of sp³-hybridized carbons (Fsp3) is 0.105. The molecular formula is C19H10Cl2F4N6. The number of nitrogens with zero attached hydrogens (tertiary/aromatic N) is 6. The molecule has 2 aromatic heterocycles. The number of hydrogen-bond donors (Lipinski definition) is 0. The molecule has 2 aromatic carbocycles. The first kappa shape index (κ1) is 21.1. The number of hydrogen-bond acceptors (Lipinski definition) is 5. The van der Waals surface area contributed by atoms with Gasteiger partial charge >= 0.3 is 6.18 Å². The molecule has 0 bridgehead atoms. The SMILES string of the molecule is Fc1ccc(-n2nnnc2-c2cnc(Cc3c(Cl)cccc3Cl)nc2C(F)(F)F)cc1. The summed E-state index contributed by atoms with van der Waals surface area (Å²) in [6, 6.07) is 9.69. The molecule has 4 aromatic rings. The quantitative estimate of drug-likeness (QED) is 0.386. The first-order chi connectivity index (χ1) is 14.7. The van der Waals surface area contributed by atoms with E-state index < -0.39 is 23.3 Å². The Kier molecular flexibility index (Phi) is 5.59. The zero-order valence-electron chi connectivity index (χ0n) is 15.3. The molecule has 31 heavy (non-hydrogen) atoms. The Balaban J connectivity index is 1.80. The number of benzene rings is 2. The standard InChI is InChI=1S/C19H10Cl2F4N6/c20-14-2-1-3-15(21)12(14)8-16-26-9-13(17(27-16)19(23,24)25)18-28-29-30-31(18)11-6-4-10(22)5-7-11/h1-7,9H,8H2. The first-order valence-electron chi connectivity index (χ1n) is 8.64. The van der Waals surface area contributed by atoms with Crippen molar-refractivity contribution in [1.29, 1.82) is 0 Å². The second-order valence-corrected chi connectivity index (χ2v) is 7.13. The fourth-order valence-corrected chi connectivity index (χ4v) is 3.38. The van der Waals surface area contributed by atoms with Crippen LogP contribution in [0.2, 0.25) is 10.0 Å². The molecule has 0 spiro atoms. The molecule has 0 saturated carbocycles. The highest BCUT2D eigenvalue weighted by atomic mass is 35.5. The minimum atomic E-state index is -4.82. The molecule has 2 heterocycles. The van der Waals surface area contributed by atoms with E-state index in [2.05, 4.69) is 25.5 Å². The van der Waals surface area contributed by atoms with E-state index in [9.17, 15) is 17.6 Å². The third kappa shape index (κ3) is 4.35. The first-order valence-corrected chi connectivity index (χ1v) is 9.40. The highest BCUT2D eigenvalue weighted by molar-refractivity contribution is 6.36. The topological polar surface area (TPSA) is 69.4 Å². The molecule has 0 N–H and O–H groups in total. The van der Waals surface area contributed by atoms with Crippen LogP contribution >= 0.6 is 23.2 Å². The average molecular weight is 469 g/mol. The molecule has 0 aliphatic heterocycles. The Hall–Kier alpha value is -3.11. The second-order valence-electron chi connectivity index (χ2n) is 6.31. The average Bonchev–Trinajstić information content (AvgIpc) is 3.20. The molecular weight excluding hydrogens is 459 g/mol. The van der Waals surface area contributed by atoms with Crippen LogP contribution in [0.3, 0.4) is 0 Å². The maximum absolute atomic E-state index is 13.8. The molecule has 0 saturated heterocycles. The van der Waals surface area contributed by atoms with Crippen molar-refractivity contribution >= 4 is 23.2 Å². The molecule has 0 radical (unpaired) electrons. The lowest BCUT2D eigenvalue weighted by Crippen LogP contribution is -2.15. The zero-order valence-corrected chi connectivity index (χ0v) is 16.8. The maximum atomic E-state index is 13.8. The van der Waals surface area contributed by atoms with Gasteiger partial charge in [0.1, 0.15) is 11.6 Å². The van der Waals surface area contributed by atoms with Crippen molar-refractivity contribution in [2.24, 2.45) is 0 Å².